The molecule has 160 valence electrons. The lowest BCUT2D eigenvalue weighted by Crippen LogP contribution is -2.50. The van der Waals surface area contributed by atoms with Crippen molar-refractivity contribution in [1.29, 1.82) is 0 Å². The van der Waals surface area contributed by atoms with Gasteiger partial charge in [0.05, 0.1) is 6.54 Å². The largest absolute Gasteiger partial charge is 0.363 e. The Morgan fingerprint density at radius 1 is 0.968 bits per heavy atom. The van der Waals surface area contributed by atoms with Gasteiger partial charge >= 0.3 is 0 Å². The van der Waals surface area contributed by atoms with E-state index in [0.717, 1.165) is 25.9 Å². The Kier molecular flexibility index (Phi) is 4.98. The van der Waals surface area contributed by atoms with Crippen LogP contribution in [0.3, 0.4) is 0 Å². The first-order valence-electron chi connectivity index (χ1n) is 11.8. The second-order valence-electron chi connectivity index (χ2n) is 9.62. The third kappa shape index (κ3) is 3.55. The molecule has 1 saturated carbocycles. The van der Waals surface area contributed by atoms with Crippen LogP contribution in [0.5, 0.6) is 0 Å². The molecule has 2 aromatic carbocycles. The number of hydrogen-bond acceptors (Lipinski definition) is 3. The van der Waals surface area contributed by atoms with Gasteiger partial charge in [0.25, 0.3) is 0 Å². The third-order valence-corrected chi connectivity index (χ3v) is 8.93. The summed E-state index contributed by atoms with van der Waals surface area (Å²) >= 11 is 1.93. The highest BCUT2D eigenvalue weighted by molar-refractivity contribution is 7.19. The van der Waals surface area contributed by atoms with Crippen molar-refractivity contribution < 1.29 is 4.79 Å². The van der Waals surface area contributed by atoms with E-state index in [1.54, 1.807) is 0 Å². The molecule has 0 bridgehead atoms. The fraction of sp³-hybridized carbons (Fsp3) is 0.444. The summed E-state index contributed by atoms with van der Waals surface area (Å²) in [5, 5.41) is 1.35. The second kappa shape index (κ2) is 7.98. The average molecular weight is 431 g/mol. The summed E-state index contributed by atoms with van der Waals surface area (Å²) in [6.45, 7) is 1.96. The molecule has 4 atom stereocenters. The predicted octanol–water partition coefficient (Wildman–Crippen LogP) is 6.09. The summed E-state index contributed by atoms with van der Waals surface area (Å²) < 4.78 is 1.38. The number of benzene rings is 2. The highest BCUT2D eigenvalue weighted by Crippen LogP contribution is 2.46. The normalized spacial score (nSPS) is 27.9. The molecule has 4 heteroatoms. The van der Waals surface area contributed by atoms with Gasteiger partial charge in [0.15, 0.2) is 0 Å². The molecule has 3 aromatic rings. The number of anilines is 1. The number of fused-ring (bicyclic) bond motifs is 1. The van der Waals surface area contributed by atoms with Crippen molar-refractivity contribution >= 4 is 33.0 Å². The Labute approximate surface area is 188 Å². The maximum atomic E-state index is 12.6. The van der Waals surface area contributed by atoms with Crippen LogP contribution in [0.1, 0.15) is 43.4 Å². The lowest BCUT2D eigenvalue weighted by Gasteiger charge is -2.45. The molecule has 3 heterocycles. The lowest BCUT2D eigenvalue weighted by atomic mass is 9.73. The molecule has 0 spiro atoms. The summed E-state index contributed by atoms with van der Waals surface area (Å²) in [5.74, 6) is 1.74. The standard InChI is InChI=1S/C27H30N2OS/c30-26-12-6-8-20-15-23(16-21-13-14-28(26)27(20)21)29(22-9-2-1-3-10-22)18-24-17-19-7-4-5-11-25(19)31-24/h1-5,7,9-11,17,20-21,23,27H,6,8,12-16,18H2/t20-,21+,23?,27-/m1/s1. The number of nitrogens with zero attached hydrogens (tertiary/aromatic N) is 2. The molecule has 1 aliphatic carbocycles. The van der Waals surface area contributed by atoms with Crippen LogP contribution in [0, 0.1) is 11.8 Å². The zero-order chi connectivity index (χ0) is 20.8. The number of para-hydroxylation sites is 1. The molecule has 1 aromatic heterocycles. The SMILES string of the molecule is O=C1CCC[C@@H]2CC(N(Cc3cc4ccccc4s3)c3ccccc3)C[C@@H]3CCN1[C@H]23. The Morgan fingerprint density at radius 2 is 1.74 bits per heavy atom. The highest BCUT2D eigenvalue weighted by atomic mass is 32.1. The van der Waals surface area contributed by atoms with E-state index in [0.29, 0.717) is 29.8 Å². The van der Waals surface area contributed by atoms with Crippen LogP contribution in [0.25, 0.3) is 10.1 Å². The van der Waals surface area contributed by atoms with E-state index in [1.807, 2.05) is 11.3 Å². The molecule has 31 heavy (non-hydrogen) atoms. The van der Waals surface area contributed by atoms with E-state index in [1.165, 1.54) is 46.3 Å². The maximum Gasteiger partial charge on any atom is 0.222 e. The highest BCUT2D eigenvalue weighted by Gasteiger charge is 2.48. The van der Waals surface area contributed by atoms with Crippen LogP contribution < -0.4 is 4.90 Å². The van der Waals surface area contributed by atoms with E-state index in [4.69, 9.17) is 0 Å². The number of carbonyl (C=O) groups excluding carboxylic acids is 1. The van der Waals surface area contributed by atoms with Crippen LogP contribution in [0.4, 0.5) is 5.69 Å². The van der Waals surface area contributed by atoms with Gasteiger partial charge in [-0.25, -0.2) is 0 Å². The monoisotopic (exact) mass is 430 g/mol. The van der Waals surface area contributed by atoms with Gasteiger partial charge in [0.2, 0.25) is 5.91 Å². The number of hydrogen-bond donors (Lipinski definition) is 0. The Hall–Kier alpha value is -2.33. The van der Waals surface area contributed by atoms with Gasteiger partial charge in [-0.05, 0) is 73.6 Å². The fourth-order valence-corrected chi connectivity index (χ4v) is 7.60. The first kappa shape index (κ1) is 19.4. The molecular weight excluding hydrogens is 400 g/mol. The van der Waals surface area contributed by atoms with Crippen molar-refractivity contribution in [1.82, 2.24) is 4.90 Å². The van der Waals surface area contributed by atoms with Gasteiger partial charge in [-0.2, -0.15) is 0 Å². The van der Waals surface area contributed by atoms with Crippen LogP contribution in [0.2, 0.25) is 0 Å². The topological polar surface area (TPSA) is 23.6 Å². The smallest absolute Gasteiger partial charge is 0.222 e. The van der Waals surface area contributed by atoms with Crippen LogP contribution in [-0.2, 0) is 11.3 Å². The number of carbonyl (C=O) groups is 1. The fourth-order valence-electron chi connectivity index (χ4n) is 6.54. The van der Waals surface area contributed by atoms with Crippen molar-refractivity contribution in [2.75, 3.05) is 11.4 Å². The molecule has 0 radical (unpaired) electrons. The zero-order valence-electron chi connectivity index (χ0n) is 18.0. The molecular formula is C27H30N2OS. The Morgan fingerprint density at radius 3 is 2.58 bits per heavy atom. The van der Waals surface area contributed by atoms with E-state index in [9.17, 15) is 4.79 Å². The molecule has 3 nitrogen and oxygen atoms in total. The van der Waals surface area contributed by atoms with Crippen LogP contribution in [0.15, 0.2) is 60.7 Å². The van der Waals surface area contributed by atoms with E-state index >= 15 is 0 Å². The molecule has 3 aliphatic rings. The van der Waals surface area contributed by atoms with Gasteiger partial charge in [-0.15, -0.1) is 11.3 Å². The quantitative estimate of drug-likeness (QED) is 0.500. The number of amides is 1. The van der Waals surface area contributed by atoms with E-state index < -0.39 is 0 Å². The van der Waals surface area contributed by atoms with Gasteiger partial charge in [0.1, 0.15) is 0 Å². The first-order chi connectivity index (χ1) is 15.3. The van der Waals surface area contributed by atoms with Gasteiger partial charge in [-0.1, -0.05) is 36.4 Å². The van der Waals surface area contributed by atoms with E-state index in [-0.39, 0.29) is 0 Å². The summed E-state index contributed by atoms with van der Waals surface area (Å²) in [6, 6.07) is 23.2. The first-order valence-corrected chi connectivity index (χ1v) is 12.7. The van der Waals surface area contributed by atoms with Gasteiger partial charge < -0.3 is 9.80 Å². The molecule has 1 unspecified atom stereocenters. The predicted molar refractivity (Wildman–Crippen MR) is 128 cm³/mol. The second-order valence-corrected chi connectivity index (χ2v) is 10.8. The van der Waals surface area contributed by atoms with Crippen LogP contribution in [-0.4, -0.2) is 29.4 Å². The minimum Gasteiger partial charge on any atom is -0.363 e. The Balaban J connectivity index is 1.32. The van der Waals surface area contributed by atoms with Crippen molar-refractivity contribution in [3.63, 3.8) is 0 Å². The summed E-state index contributed by atoms with van der Waals surface area (Å²) in [6.07, 6.45) is 6.65. The number of thiophene rings is 1. The summed E-state index contributed by atoms with van der Waals surface area (Å²) in [5.41, 5.74) is 1.34. The molecule has 2 aliphatic heterocycles. The zero-order valence-corrected chi connectivity index (χ0v) is 18.8. The number of rotatable bonds is 4. The maximum absolute atomic E-state index is 12.6. The van der Waals surface area contributed by atoms with Crippen molar-refractivity contribution in [3.05, 3.63) is 65.5 Å². The van der Waals surface area contributed by atoms with Crippen LogP contribution >= 0.6 is 11.3 Å². The van der Waals surface area contributed by atoms with Crippen molar-refractivity contribution in [3.8, 4) is 0 Å². The van der Waals surface area contributed by atoms with Gasteiger partial charge in [-0.3, -0.25) is 4.79 Å². The lowest BCUT2D eigenvalue weighted by molar-refractivity contribution is -0.132. The molecule has 0 N–H and O–H groups in total. The summed E-state index contributed by atoms with van der Waals surface area (Å²) in [4.78, 5) is 19.0. The third-order valence-electron chi connectivity index (χ3n) is 7.83. The summed E-state index contributed by atoms with van der Waals surface area (Å²) in [7, 11) is 0. The minimum absolute atomic E-state index is 0.415. The molecule has 2 saturated heterocycles. The van der Waals surface area contributed by atoms with E-state index in [2.05, 4.69) is 70.5 Å². The van der Waals surface area contributed by atoms with Gasteiger partial charge in [0, 0.05) is 40.3 Å². The Bertz CT molecular complexity index is 1040. The van der Waals surface area contributed by atoms with Crippen molar-refractivity contribution in [2.24, 2.45) is 11.8 Å². The molecule has 3 fully saturated rings. The minimum atomic E-state index is 0.415. The molecule has 1 amide bonds. The van der Waals surface area contributed by atoms with Crippen molar-refractivity contribution in [2.45, 2.75) is 57.2 Å². The average Bonchev–Trinajstić information content (AvgIpc) is 3.37. The molecule has 6 rings (SSSR count).